The zero-order valence-electron chi connectivity index (χ0n) is 13.8. The highest BCUT2D eigenvalue weighted by molar-refractivity contribution is 7.99. The van der Waals surface area contributed by atoms with E-state index in [-0.39, 0.29) is 11.7 Å². The molecule has 0 spiro atoms. The van der Waals surface area contributed by atoms with E-state index in [9.17, 15) is 4.79 Å². The van der Waals surface area contributed by atoms with E-state index in [2.05, 4.69) is 30.2 Å². The van der Waals surface area contributed by atoms with Crippen molar-refractivity contribution in [2.75, 3.05) is 11.1 Å². The summed E-state index contributed by atoms with van der Waals surface area (Å²) in [4.78, 5) is 17.0. The molecule has 26 heavy (non-hydrogen) atoms. The number of aromatic nitrogens is 4. The Morgan fingerprint density at radius 1 is 1.19 bits per heavy atom. The van der Waals surface area contributed by atoms with E-state index in [4.69, 9.17) is 0 Å². The van der Waals surface area contributed by atoms with Gasteiger partial charge in [0.2, 0.25) is 5.91 Å². The molecule has 0 fully saturated rings. The lowest BCUT2D eigenvalue weighted by Gasteiger charge is -2.07. The van der Waals surface area contributed by atoms with Crippen molar-refractivity contribution in [1.29, 1.82) is 0 Å². The van der Waals surface area contributed by atoms with E-state index in [1.807, 2.05) is 48.5 Å². The number of benzene rings is 2. The lowest BCUT2D eigenvalue weighted by molar-refractivity contribution is -0.113. The number of anilines is 1. The molecule has 130 valence electrons. The first-order valence-corrected chi connectivity index (χ1v) is 9.68. The number of para-hydroxylation sites is 2. The fraction of sp³-hybridized carbons (Fsp3) is 0.111. The minimum absolute atomic E-state index is 0.104. The molecule has 8 heteroatoms. The lowest BCUT2D eigenvalue weighted by atomic mass is 10.2. The van der Waals surface area contributed by atoms with Crippen LogP contribution < -0.4 is 5.32 Å². The average molecular weight is 381 g/mol. The number of amides is 1. The predicted molar refractivity (Wildman–Crippen MR) is 107 cm³/mol. The molecule has 1 amide bonds. The Balaban J connectivity index is 1.51. The normalized spacial score (nSPS) is 11.1. The van der Waals surface area contributed by atoms with Crippen LogP contribution in [0.25, 0.3) is 22.1 Å². The molecule has 0 aliphatic rings. The first-order chi connectivity index (χ1) is 12.8. The predicted octanol–water partition coefficient (Wildman–Crippen LogP) is 3.96. The highest BCUT2D eigenvalue weighted by Crippen LogP contribution is 2.25. The molecular formula is C18H15N5OS2. The molecule has 0 aliphatic carbocycles. The van der Waals surface area contributed by atoms with Crippen LogP contribution in [0.1, 0.15) is 0 Å². The van der Waals surface area contributed by atoms with Gasteiger partial charge in [-0.2, -0.15) is 8.75 Å². The minimum atomic E-state index is -0.104. The standard InChI is InChI=1S/C18H15N5OS2/c1-2-10-23-15-9-4-3-6-12(15)20-18(23)25-11-16(24)19-13-7-5-8-14-17(13)22-26-21-14/h2-9H,1,10-11H2,(H,19,24). The van der Waals surface area contributed by atoms with Crippen LogP contribution in [-0.4, -0.2) is 30.0 Å². The van der Waals surface area contributed by atoms with Crippen molar-refractivity contribution < 1.29 is 4.79 Å². The van der Waals surface area contributed by atoms with Crippen LogP contribution in [0.4, 0.5) is 5.69 Å². The van der Waals surface area contributed by atoms with Crippen LogP contribution in [0.5, 0.6) is 0 Å². The number of carbonyl (C=O) groups is 1. The highest BCUT2D eigenvalue weighted by Gasteiger charge is 2.13. The maximum Gasteiger partial charge on any atom is 0.234 e. The van der Waals surface area contributed by atoms with Crippen LogP contribution in [0, 0.1) is 0 Å². The number of nitrogens with zero attached hydrogens (tertiary/aromatic N) is 4. The number of thioether (sulfide) groups is 1. The molecule has 0 saturated carbocycles. The number of allylic oxidation sites excluding steroid dienone is 1. The zero-order valence-corrected chi connectivity index (χ0v) is 15.4. The third-order valence-corrected chi connectivity index (χ3v) is 5.34. The summed E-state index contributed by atoms with van der Waals surface area (Å²) in [5, 5.41) is 3.71. The second-order valence-electron chi connectivity index (χ2n) is 5.56. The third-order valence-electron chi connectivity index (χ3n) is 3.82. The van der Waals surface area contributed by atoms with Gasteiger partial charge in [-0.3, -0.25) is 4.79 Å². The maximum atomic E-state index is 12.4. The van der Waals surface area contributed by atoms with Gasteiger partial charge in [0, 0.05) is 6.54 Å². The van der Waals surface area contributed by atoms with Crippen molar-refractivity contribution in [1.82, 2.24) is 18.3 Å². The molecule has 0 unspecified atom stereocenters. The first kappa shape index (κ1) is 16.7. The molecule has 2 aromatic heterocycles. The van der Waals surface area contributed by atoms with E-state index >= 15 is 0 Å². The molecule has 0 bridgehead atoms. The van der Waals surface area contributed by atoms with E-state index in [0.717, 1.165) is 39.0 Å². The van der Waals surface area contributed by atoms with Crippen LogP contribution in [0.15, 0.2) is 60.3 Å². The number of imidazole rings is 1. The quantitative estimate of drug-likeness (QED) is 0.404. The van der Waals surface area contributed by atoms with E-state index in [1.165, 1.54) is 11.8 Å². The zero-order chi connectivity index (χ0) is 17.9. The number of nitrogens with one attached hydrogen (secondary N) is 1. The van der Waals surface area contributed by atoms with Crippen LogP contribution >= 0.6 is 23.5 Å². The van der Waals surface area contributed by atoms with Gasteiger partial charge in [-0.05, 0) is 24.3 Å². The molecule has 1 N–H and O–H groups in total. The maximum absolute atomic E-state index is 12.4. The van der Waals surface area contributed by atoms with Crippen LogP contribution in [0.2, 0.25) is 0 Å². The SMILES string of the molecule is C=CCn1c(SCC(=O)Nc2cccc3nsnc23)nc2ccccc21. The summed E-state index contributed by atoms with van der Waals surface area (Å²) in [6.07, 6.45) is 1.83. The molecular weight excluding hydrogens is 366 g/mol. The number of rotatable bonds is 6. The van der Waals surface area contributed by atoms with Gasteiger partial charge in [-0.1, -0.05) is 36.0 Å². The van der Waals surface area contributed by atoms with E-state index in [0.29, 0.717) is 12.2 Å². The molecule has 0 radical (unpaired) electrons. The Kier molecular flexibility index (Phi) is 4.68. The lowest BCUT2D eigenvalue weighted by Crippen LogP contribution is -2.15. The van der Waals surface area contributed by atoms with Gasteiger partial charge >= 0.3 is 0 Å². The molecule has 4 rings (SSSR count). The van der Waals surface area contributed by atoms with Gasteiger partial charge in [-0.15, -0.1) is 6.58 Å². The van der Waals surface area contributed by atoms with E-state index in [1.54, 1.807) is 0 Å². The number of hydrogen-bond donors (Lipinski definition) is 1. The Hall–Kier alpha value is -2.71. The van der Waals surface area contributed by atoms with Crippen LogP contribution in [0.3, 0.4) is 0 Å². The largest absolute Gasteiger partial charge is 0.323 e. The van der Waals surface area contributed by atoms with Crippen molar-refractivity contribution in [2.24, 2.45) is 0 Å². The van der Waals surface area contributed by atoms with Crippen molar-refractivity contribution in [3.05, 3.63) is 55.1 Å². The third kappa shape index (κ3) is 3.21. The number of fused-ring (bicyclic) bond motifs is 2. The Morgan fingerprint density at radius 3 is 2.92 bits per heavy atom. The van der Waals surface area contributed by atoms with Gasteiger partial charge in [0.1, 0.15) is 11.0 Å². The highest BCUT2D eigenvalue weighted by atomic mass is 32.2. The Labute approximate surface area is 158 Å². The second kappa shape index (κ2) is 7.27. The molecule has 0 atom stereocenters. The monoisotopic (exact) mass is 381 g/mol. The van der Waals surface area contributed by atoms with Crippen molar-refractivity contribution >= 4 is 57.2 Å². The van der Waals surface area contributed by atoms with Gasteiger partial charge in [0.25, 0.3) is 0 Å². The summed E-state index contributed by atoms with van der Waals surface area (Å²) in [5.41, 5.74) is 4.13. The molecule has 2 aromatic carbocycles. The fourth-order valence-electron chi connectivity index (χ4n) is 2.69. The van der Waals surface area contributed by atoms with Crippen molar-refractivity contribution in [3.8, 4) is 0 Å². The van der Waals surface area contributed by atoms with E-state index < -0.39 is 0 Å². The molecule has 0 saturated heterocycles. The fourth-order valence-corrected chi connectivity index (χ4v) is 4.07. The topological polar surface area (TPSA) is 72.7 Å². The summed E-state index contributed by atoms with van der Waals surface area (Å²) >= 11 is 2.54. The summed E-state index contributed by atoms with van der Waals surface area (Å²) in [5.74, 6) is 0.154. The first-order valence-electron chi connectivity index (χ1n) is 7.96. The average Bonchev–Trinajstić information content (AvgIpc) is 3.26. The summed E-state index contributed by atoms with van der Waals surface area (Å²) in [6, 6.07) is 13.5. The molecule has 0 aliphatic heterocycles. The number of hydrogen-bond acceptors (Lipinski definition) is 6. The Bertz CT molecular complexity index is 1100. The summed E-state index contributed by atoms with van der Waals surface area (Å²) < 4.78 is 10.5. The van der Waals surface area contributed by atoms with Gasteiger partial charge in [-0.25, -0.2) is 4.98 Å². The van der Waals surface area contributed by atoms with Crippen molar-refractivity contribution in [2.45, 2.75) is 11.7 Å². The van der Waals surface area contributed by atoms with Crippen molar-refractivity contribution in [3.63, 3.8) is 0 Å². The Morgan fingerprint density at radius 2 is 2.04 bits per heavy atom. The molecule has 6 nitrogen and oxygen atoms in total. The van der Waals surface area contributed by atoms with Gasteiger partial charge in [0.15, 0.2) is 5.16 Å². The summed E-state index contributed by atoms with van der Waals surface area (Å²) in [6.45, 7) is 4.46. The summed E-state index contributed by atoms with van der Waals surface area (Å²) in [7, 11) is 0. The number of carbonyl (C=O) groups excluding carboxylic acids is 1. The van der Waals surface area contributed by atoms with Crippen LogP contribution in [-0.2, 0) is 11.3 Å². The molecule has 2 heterocycles. The van der Waals surface area contributed by atoms with Gasteiger partial charge < -0.3 is 9.88 Å². The smallest absolute Gasteiger partial charge is 0.234 e. The second-order valence-corrected chi connectivity index (χ2v) is 7.03. The van der Waals surface area contributed by atoms with Gasteiger partial charge in [0.05, 0.1) is 34.2 Å². The molecule has 4 aromatic rings. The minimum Gasteiger partial charge on any atom is -0.323 e.